The van der Waals surface area contributed by atoms with Crippen LogP contribution < -0.4 is 0 Å². The standard InChI is InChI=1S/C12H27NO/c1-4-8-13(9-5-2)11-12(6-3)7-10-14/h12,14H,4-11H2,1-3H3. The van der Waals surface area contributed by atoms with E-state index >= 15 is 0 Å². The van der Waals surface area contributed by atoms with Crippen molar-refractivity contribution in [2.24, 2.45) is 5.92 Å². The van der Waals surface area contributed by atoms with Gasteiger partial charge < -0.3 is 10.0 Å². The fraction of sp³-hybridized carbons (Fsp3) is 1.00. The molecular weight excluding hydrogens is 174 g/mol. The molecule has 0 rings (SSSR count). The largest absolute Gasteiger partial charge is 0.396 e. The van der Waals surface area contributed by atoms with Crippen molar-refractivity contribution in [3.8, 4) is 0 Å². The third kappa shape index (κ3) is 6.39. The first kappa shape index (κ1) is 13.9. The van der Waals surface area contributed by atoms with Crippen molar-refractivity contribution >= 4 is 0 Å². The molecule has 0 bridgehead atoms. The summed E-state index contributed by atoms with van der Waals surface area (Å²) in [5, 5.41) is 8.92. The third-order valence-corrected chi connectivity index (χ3v) is 2.71. The fourth-order valence-corrected chi connectivity index (χ4v) is 1.90. The lowest BCUT2D eigenvalue weighted by Crippen LogP contribution is -2.31. The Hall–Kier alpha value is -0.0800. The Morgan fingerprint density at radius 2 is 1.64 bits per heavy atom. The summed E-state index contributed by atoms with van der Waals surface area (Å²) in [5.41, 5.74) is 0. The maximum atomic E-state index is 8.92. The van der Waals surface area contributed by atoms with Crippen LogP contribution in [0.25, 0.3) is 0 Å². The summed E-state index contributed by atoms with van der Waals surface area (Å²) in [5.74, 6) is 0.679. The van der Waals surface area contributed by atoms with Gasteiger partial charge in [0, 0.05) is 13.2 Å². The Balaban J connectivity index is 3.83. The second-order valence-corrected chi connectivity index (χ2v) is 4.09. The highest BCUT2D eigenvalue weighted by atomic mass is 16.3. The first-order valence-electron chi connectivity index (χ1n) is 6.11. The number of aliphatic hydroxyl groups excluding tert-OH is 1. The van der Waals surface area contributed by atoms with E-state index in [2.05, 4.69) is 25.7 Å². The van der Waals surface area contributed by atoms with Crippen LogP contribution in [0.5, 0.6) is 0 Å². The van der Waals surface area contributed by atoms with Crippen LogP contribution in [0.3, 0.4) is 0 Å². The SMILES string of the molecule is CCCN(CCC)CC(CC)CCO. The van der Waals surface area contributed by atoms with Gasteiger partial charge in [-0.1, -0.05) is 27.2 Å². The average Bonchev–Trinajstić information content (AvgIpc) is 2.18. The topological polar surface area (TPSA) is 23.5 Å². The molecule has 1 N–H and O–H groups in total. The van der Waals surface area contributed by atoms with E-state index in [1.807, 2.05) is 0 Å². The van der Waals surface area contributed by atoms with Crippen molar-refractivity contribution in [3.05, 3.63) is 0 Å². The molecule has 0 aromatic carbocycles. The summed E-state index contributed by atoms with van der Waals surface area (Å²) in [6.07, 6.45) is 4.61. The number of hydrogen-bond acceptors (Lipinski definition) is 2. The summed E-state index contributed by atoms with van der Waals surface area (Å²) in [6.45, 7) is 10.6. The molecule has 1 unspecified atom stereocenters. The van der Waals surface area contributed by atoms with Gasteiger partial charge in [-0.15, -0.1) is 0 Å². The van der Waals surface area contributed by atoms with E-state index in [9.17, 15) is 0 Å². The Morgan fingerprint density at radius 3 is 2.00 bits per heavy atom. The summed E-state index contributed by atoms with van der Waals surface area (Å²) in [4.78, 5) is 2.53. The van der Waals surface area contributed by atoms with Gasteiger partial charge in [-0.3, -0.25) is 0 Å². The number of hydrogen-bond donors (Lipinski definition) is 1. The quantitative estimate of drug-likeness (QED) is 0.619. The van der Waals surface area contributed by atoms with Crippen molar-refractivity contribution in [2.75, 3.05) is 26.2 Å². The van der Waals surface area contributed by atoms with E-state index in [0.29, 0.717) is 12.5 Å². The molecule has 0 aliphatic rings. The number of nitrogens with zero attached hydrogens (tertiary/aromatic N) is 1. The minimum Gasteiger partial charge on any atom is -0.396 e. The Morgan fingerprint density at radius 1 is 1.07 bits per heavy atom. The van der Waals surface area contributed by atoms with E-state index in [4.69, 9.17) is 5.11 Å². The molecule has 0 saturated carbocycles. The lowest BCUT2D eigenvalue weighted by atomic mass is 10.0. The monoisotopic (exact) mass is 201 g/mol. The maximum absolute atomic E-state index is 8.92. The molecule has 0 fully saturated rings. The van der Waals surface area contributed by atoms with Crippen LogP contribution in [0, 0.1) is 5.92 Å². The van der Waals surface area contributed by atoms with Crippen LogP contribution in [0.2, 0.25) is 0 Å². The van der Waals surface area contributed by atoms with Gasteiger partial charge in [0.15, 0.2) is 0 Å². The minimum absolute atomic E-state index is 0.338. The first-order chi connectivity index (χ1) is 6.78. The van der Waals surface area contributed by atoms with Gasteiger partial charge in [0.1, 0.15) is 0 Å². The van der Waals surface area contributed by atoms with E-state index < -0.39 is 0 Å². The van der Waals surface area contributed by atoms with Crippen molar-refractivity contribution in [2.45, 2.75) is 46.5 Å². The molecule has 2 nitrogen and oxygen atoms in total. The van der Waals surface area contributed by atoms with Crippen LogP contribution in [-0.4, -0.2) is 36.2 Å². The molecular formula is C12H27NO. The summed E-state index contributed by atoms with van der Waals surface area (Å²) >= 11 is 0. The Labute approximate surface area is 89.3 Å². The summed E-state index contributed by atoms with van der Waals surface area (Å²) in [7, 11) is 0. The average molecular weight is 201 g/mol. The molecule has 0 aliphatic carbocycles. The smallest absolute Gasteiger partial charge is 0.0434 e. The van der Waals surface area contributed by atoms with Gasteiger partial charge in [-0.05, 0) is 38.3 Å². The molecule has 0 amide bonds. The second kappa shape index (κ2) is 9.47. The summed E-state index contributed by atoms with van der Waals surface area (Å²) < 4.78 is 0. The third-order valence-electron chi connectivity index (χ3n) is 2.71. The predicted octanol–water partition coefficient (Wildman–Crippen LogP) is 2.52. The molecule has 86 valence electrons. The van der Waals surface area contributed by atoms with Crippen molar-refractivity contribution < 1.29 is 5.11 Å². The van der Waals surface area contributed by atoms with Crippen molar-refractivity contribution in [3.63, 3.8) is 0 Å². The van der Waals surface area contributed by atoms with Crippen LogP contribution in [0.4, 0.5) is 0 Å². The zero-order valence-corrected chi connectivity index (χ0v) is 10.1. The highest BCUT2D eigenvalue weighted by molar-refractivity contribution is 4.64. The molecule has 0 aromatic heterocycles. The first-order valence-corrected chi connectivity index (χ1v) is 6.11. The highest BCUT2D eigenvalue weighted by Crippen LogP contribution is 2.10. The zero-order chi connectivity index (χ0) is 10.8. The molecule has 14 heavy (non-hydrogen) atoms. The highest BCUT2D eigenvalue weighted by Gasteiger charge is 2.10. The van der Waals surface area contributed by atoms with Gasteiger partial charge in [-0.25, -0.2) is 0 Å². The lowest BCUT2D eigenvalue weighted by Gasteiger charge is -2.25. The molecule has 0 saturated heterocycles. The second-order valence-electron chi connectivity index (χ2n) is 4.09. The number of rotatable bonds is 9. The maximum Gasteiger partial charge on any atom is 0.0434 e. The molecule has 0 spiro atoms. The van der Waals surface area contributed by atoms with Crippen molar-refractivity contribution in [1.82, 2.24) is 4.90 Å². The normalized spacial score (nSPS) is 13.5. The zero-order valence-electron chi connectivity index (χ0n) is 10.1. The lowest BCUT2D eigenvalue weighted by molar-refractivity contribution is 0.190. The van der Waals surface area contributed by atoms with Crippen LogP contribution in [-0.2, 0) is 0 Å². The molecule has 2 heteroatoms. The van der Waals surface area contributed by atoms with Gasteiger partial charge in [0.2, 0.25) is 0 Å². The van der Waals surface area contributed by atoms with Gasteiger partial charge in [0.05, 0.1) is 0 Å². The van der Waals surface area contributed by atoms with Crippen molar-refractivity contribution in [1.29, 1.82) is 0 Å². The van der Waals surface area contributed by atoms with E-state index in [1.54, 1.807) is 0 Å². The van der Waals surface area contributed by atoms with Gasteiger partial charge in [-0.2, -0.15) is 0 Å². The van der Waals surface area contributed by atoms with Gasteiger partial charge >= 0.3 is 0 Å². The van der Waals surface area contributed by atoms with E-state index in [1.165, 1.54) is 38.9 Å². The Bertz CT molecular complexity index is 111. The van der Waals surface area contributed by atoms with E-state index in [-0.39, 0.29) is 0 Å². The molecule has 0 aliphatic heterocycles. The number of aliphatic hydroxyl groups is 1. The Kier molecular flexibility index (Phi) is 9.42. The fourth-order valence-electron chi connectivity index (χ4n) is 1.90. The van der Waals surface area contributed by atoms with E-state index in [0.717, 1.165) is 6.42 Å². The predicted molar refractivity (Wildman–Crippen MR) is 62.5 cm³/mol. The molecule has 1 atom stereocenters. The molecule has 0 aromatic rings. The summed E-state index contributed by atoms with van der Waals surface area (Å²) in [6, 6.07) is 0. The van der Waals surface area contributed by atoms with Crippen LogP contribution in [0.1, 0.15) is 46.5 Å². The van der Waals surface area contributed by atoms with Crippen LogP contribution >= 0.6 is 0 Å². The van der Waals surface area contributed by atoms with Crippen LogP contribution in [0.15, 0.2) is 0 Å². The molecule has 0 radical (unpaired) electrons. The minimum atomic E-state index is 0.338. The van der Waals surface area contributed by atoms with Gasteiger partial charge in [0.25, 0.3) is 0 Å². The molecule has 0 heterocycles.